The van der Waals surface area contributed by atoms with Gasteiger partial charge in [0.1, 0.15) is 5.54 Å². The van der Waals surface area contributed by atoms with Gasteiger partial charge in [-0.15, -0.1) is 0 Å². The number of benzene rings is 1. The molecular formula is C21H30N4O3. The van der Waals surface area contributed by atoms with Crippen molar-refractivity contribution in [1.29, 1.82) is 0 Å². The summed E-state index contributed by atoms with van der Waals surface area (Å²) in [5, 5.41) is 8.60. The summed E-state index contributed by atoms with van der Waals surface area (Å²) in [6.07, 6.45) is 5.73. The number of urea groups is 2. The van der Waals surface area contributed by atoms with Crippen LogP contribution in [0.25, 0.3) is 0 Å². The number of hydrogen-bond acceptors (Lipinski definition) is 3. The van der Waals surface area contributed by atoms with E-state index < -0.39 is 5.54 Å². The lowest BCUT2D eigenvalue weighted by molar-refractivity contribution is -0.131. The molecule has 2 aliphatic rings. The Hall–Kier alpha value is -2.57. The highest BCUT2D eigenvalue weighted by atomic mass is 16.2. The summed E-state index contributed by atoms with van der Waals surface area (Å²) in [7, 11) is 0. The van der Waals surface area contributed by atoms with E-state index in [2.05, 4.69) is 28.1 Å². The zero-order valence-corrected chi connectivity index (χ0v) is 16.5. The van der Waals surface area contributed by atoms with Crippen molar-refractivity contribution in [3.05, 3.63) is 35.9 Å². The van der Waals surface area contributed by atoms with Crippen LogP contribution >= 0.6 is 0 Å². The first-order valence-electron chi connectivity index (χ1n) is 10.2. The van der Waals surface area contributed by atoms with Crippen LogP contribution in [0.5, 0.6) is 0 Å². The van der Waals surface area contributed by atoms with E-state index >= 15 is 0 Å². The number of imide groups is 1. The van der Waals surface area contributed by atoms with E-state index in [-0.39, 0.29) is 24.0 Å². The van der Waals surface area contributed by atoms with Crippen LogP contribution in [-0.2, 0) is 11.2 Å². The van der Waals surface area contributed by atoms with Crippen LogP contribution in [0.4, 0.5) is 9.59 Å². The average molecular weight is 386 g/mol. The highest BCUT2D eigenvalue weighted by Crippen LogP contribution is 2.34. The van der Waals surface area contributed by atoms with Crippen LogP contribution < -0.4 is 16.0 Å². The van der Waals surface area contributed by atoms with Crippen LogP contribution in [0, 0.1) is 0 Å². The van der Waals surface area contributed by atoms with Crippen molar-refractivity contribution in [2.24, 2.45) is 0 Å². The Morgan fingerprint density at radius 1 is 1.21 bits per heavy atom. The maximum atomic E-state index is 12.5. The largest absolute Gasteiger partial charge is 0.338 e. The number of carbonyl (C=O) groups is 3. The van der Waals surface area contributed by atoms with Crippen LogP contribution in [0.15, 0.2) is 30.3 Å². The minimum absolute atomic E-state index is 0.0633. The molecule has 152 valence electrons. The van der Waals surface area contributed by atoms with E-state index in [1.807, 2.05) is 25.1 Å². The highest BCUT2D eigenvalue weighted by molar-refractivity contribution is 6.07. The predicted octanol–water partition coefficient (Wildman–Crippen LogP) is 2.56. The van der Waals surface area contributed by atoms with Crippen molar-refractivity contribution in [3.63, 3.8) is 0 Å². The van der Waals surface area contributed by atoms with Gasteiger partial charge in [0, 0.05) is 19.1 Å². The predicted molar refractivity (Wildman–Crippen MR) is 107 cm³/mol. The lowest BCUT2D eigenvalue weighted by Crippen LogP contribution is -2.44. The summed E-state index contributed by atoms with van der Waals surface area (Å²) >= 11 is 0. The average Bonchev–Trinajstić information content (AvgIpc) is 3.24. The van der Waals surface area contributed by atoms with E-state index in [0.717, 1.165) is 38.5 Å². The van der Waals surface area contributed by atoms with Gasteiger partial charge in [0.15, 0.2) is 0 Å². The Bertz CT molecular complexity index is 701. The minimum Gasteiger partial charge on any atom is -0.338 e. The van der Waals surface area contributed by atoms with Crippen molar-refractivity contribution in [2.45, 2.75) is 63.5 Å². The first-order valence-corrected chi connectivity index (χ1v) is 10.2. The Morgan fingerprint density at radius 2 is 1.93 bits per heavy atom. The van der Waals surface area contributed by atoms with E-state index in [0.29, 0.717) is 19.5 Å². The van der Waals surface area contributed by atoms with Crippen molar-refractivity contribution in [2.75, 3.05) is 13.1 Å². The zero-order chi connectivity index (χ0) is 20.0. The van der Waals surface area contributed by atoms with Crippen LogP contribution in [0.1, 0.15) is 51.0 Å². The van der Waals surface area contributed by atoms with Gasteiger partial charge in [-0.2, -0.15) is 0 Å². The molecule has 1 heterocycles. The number of aryl methyl sites for hydroxylation is 1. The van der Waals surface area contributed by atoms with Gasteiger partial charge in [0.05, 0.1) is 0 Å². The molecule has 0 bridgehead atoms. The monoisotopic (exact) mass is 386 g/mol. The van der Waals surface area contributed by atoms with Crippen LogP contribution in [0.2, 0.25) is 0 Å². The molecule has 0 aromatic heterocycles. The maximum absolute atomic E-state index is 12.5. The molecule has 1 aliphatic carbocycles. The second-order valence-corrected chi connectivity index (χ2v) is 7.86. The summed E-state index contributed by atoms with van der Waals surface area (Å²) < 4.78 is 0. The van der Waals surface area contributed by atoms with Gasteiger partial charge in [-0.1, -0.05) is 43.2 Å². The van der Waals surface area contributed by atoms with E-state index in [4.69, 9.17) is 0 Å². The third-order valence-corrected chi connectivity index (χ3v) is 5.63. The third-order valence-electron chi connectivity index (χ3n) is 5.63. The smallest absolute Gasteiger partial charge is 0.325 e. The molecule has 28 heavy (non-hydrogen) atoms. The molecule has 5 amide bonds. The maximum Gasteiger partial charge on any atom is 0.325 e. The lowest BCUT2D eigenvalue weighted by atomic mass is 9.98. The molecule has 1 saturated heterocycles. The molecule has 3 N–H and O–H groups in total. The first-order chi connectivity index (χ1) is 13.5. The number of carbonyl (C=O) groups excluding carboxylic acids is 3. The molecule has 0 radical (unpaired) electrons. The Labute approximate surface area is 166 Å². The standard InChI is InChI=1S/C21H30N4O3/c1-16(10-11-17-8-3-2-4-9-17)23-19(27)22-14-7-15-25-18(26)21(24-20(25)28)12-5-6-13-21/h2-4,8-9,16H,5-7,10-15H2,1H3,(H,24,28)(H2,22,23,27). The zero-order valence-electron chi connectivity index (χ0n) is 16.5. The van der Waals surface area contributed by atoms with Crippen molar-refractivity contribution >= 4 is 18.0 Å². The van der Waals surface area contributed by atoms with E-state index in [9.17, 15) is 14.4 Å². The molecule has 1 atom stereocenters. The van der Waals surface area contributed by atoms with Crippen molar-refractivity contribution < 1.29 is 14.4 Å². The van der Waals surface area contributed by atoms with Gasteiger partial charge in [-0.25, -0.2) is 9.59 Å². The van der Waals surface area contributed by atoms with Gasteiger partial charge < -0.3 is 16.0 Å². The van der Waals surface area contributed by atoms with Crippen molar-refractivity contribution in [1.82, 2.24) is 20.9 Å². The second kappa shape index (κ2) is 9.08. The van der Waals surface area contributed by atoms with Gasteiger partial charge in [0.25, 0.3) is 5.91 Å². The Kier molecular flexibility index (Phi) is 6.54. The summed E-state index contributed by atoms with van der Waals surface area (Å²) in [5.41, 5.74) is 0.598. The summed E-state index contributed by atoms with van der Waals surface area (Å²) in [6.45, 7) is 2.73. The molecule has 2 fully saturated rings. The molecule has 1 aromatic carbocycles. The number of nitrogens with zero attached hydrogens (tertiary/aromatic N) is 1. The highest BCUT2D eigenvalue weighted by Gasteiger charge is 2.51. The van der Waals surface area contributed by atoms with Gasteiger partial charge in [0.2, 0.25) is 0 Å². The molecular weight excluding hydrogens is 356 g/mol. The molecule has 1 aromatic rings. The summed E-state index contributed by atoms with van der Waals surface area (Å²) in [5.74, 6) is -0.103. The van der Waals surface area contributed by atoms with Gasteiger partial charge in [-0.05, 0) is 44.6 Å². The van der Waals surface area contributed by atoms with Crippen molar-refractivity contribution in [3.8, 4) is 0 Å². The summed E-state index contributed by atoms with van der Waals surface area (Å²) in [6, 6.07) is 9.73. The second-order valence-electron chi connectivity index (χ2n) is 7.86. The SMILES string of the molecule is CC(CCc1ccccc1)NC(=O)NCCCN1C(=O)NC2(CCCC2)C1=O. The fraction of sp³-hybridized carbons (Fsp3) is 0.571. The molecule has 7 heteroatoms. The Morgan fingerprint density at radius 3 is 2.64 bits per heavy atom. The Balaban J connectivity index is 1.32. The molecule has 1 aliphatic heterocycles. The third kappa shape index (κ3) is 4.82. The molecule has 7 nitrogen and oxygen atoms in total. The molecule has 1 saturated carbocycles. The molecule has 1 unspecified atom stereocenters. The summed E-state index contributed by atoms with van der Waals surface area (Å²) in [4.78, 5) is 38.0. The number of hydrogen-bond donors (Lipinski definition) is 3. The van der Waals surface area contributed by atoms with Gasteiger partial charge in [-0.3, -0.25) is 9.69 Å². The molecule has 1 spiro atoms. The lowest BCUT2D eigenvalue weighted by Gasteiger charge is -2.20. The fourth-order valence-electron chi connectivity index (χ4n) is 4.01. The quantitative estimate of drug-likeness (QED) is 0.474. The number of nitrogens with one attached hydrogen (secondary N) is 3. The number of rotatable bonds is 8. The number of amides is 5. The minimum atomic E-state index is -0.657. The van der Waals surface area contributed by atoms with Crippen LogP contribution in [0.3, 0.4) is 0 Å². The first kappa shape index (κ1) is 20.2. The van der Waals surface area contributed by atoms with Crippen LogP contribution in [-0.4, -0.2) is 47.5 Å². The van der Waals surface area contributed by atoms with Gasteiger partial charge >= 0.3 is 12.1 Å². The van der Waals surface area contributed by atoms with E-state index in [1.165, 1.54) is 10.5 Å². The van der Waals surface area contributed by atoms with E-state index in [1.54, 1.807) is 0 Å². The topological polar surface area (TPSA) is 90.5 Å². The normalized spacial score (nSPS) is 19.0. The molecule has 3 rings (SSSR count). The fourth-order valence-corrected chi connectivity index (χ4v) is 4.01.